The molecule has 25 nitrogen and oxygen atoms in total. The van der Waals surface area contributed by atoms with Crippen molar-refractivity contribution in [2.75, 3.05) is 19.6 Å². The summed E-state index contributed by atoms with van der Waals surface area (Å²) in [6.45, 7) is 1.47. The molecule has 5 rings (SSSR count). The molecule has 0 bridgehead atoms. The van der Waals surface area contributed by atoms with Crippen LogP contribution in [0.4, 0.5) is 0 Å². The zero-order valence-corrected chi connectivity index (χ0v) is 43.2. The second kappa shape index (κ2) is 30.0. The van der Waals surface area contributed by atoms with Crippen molar-refractivity contribution in [3.8, 4) is 0 Å². The summed E-state index contributed by atoms with van der Waals surface area (Å²) in [6.07, 6.45) is 4.23. The summed E-state index contributed by atoms with van der Waals surface area (Å²) in [5.74, 6) is -8.73. The van der Waals surface area contributed by atoms with Gasteiger partial charge >= 0.3 is 0 Å². The molecule has 0 aliphatic carbocycles. The number of aromatic nitrogens is 3. The standard InChI is InChI=1S/C52H72N16O9/c1-30(69)64-39(17-10-20-61-52(56)57)48(75)68-42-26-45(72)59-18-8-7-16-38(46(53)73)65-47(74)33(22-34-27-62-37-15-6-5-14-36(34)37)24-43(70)32(13-9-19-60-51(54)55)23-44(71)40(21-31-11-3-2-4-12-31)66-49(76)41(67-50(42)77)25-35-28-58-29-63-35/h2-6,11-12,14-15,27-29,32-33,38-42,62H,7-10,13,16-26H2,1H3,(H2,53,73)(H,58,63)(H,59,72)(H,64,69)(H,65,74)(H,66,76)(H,67,77)(H,68,75)(H4,54,55,60)(H4,56,57,61)/t32-,33-,38+,39+,40-,41-,42+/m1/s1. The first-order chi connectivity index (χ1) is 36.9. The average molecular weight is 1070 g/mol. The number of carbonyl (C=O) groups excluding carboxylic acids is 9. The summed E-state index contributed by atoms with van der Waals surface area (Å²) in [5.41, 5.74) is 30.5. The molecule has 3 heterocycles. The highest BCUT2D eigenvalue weighted by atomic mass is 16.2. The minimum absolute atomic E-state index is 0.0316. The number of fused-ring (bicyclic) bond motifs is 1. The van der Waals surface area contributed by atoms with Gasteiger partial charge in [0.25, 0.3) is 0 Å². The molecule has 1 aliphatic rings. The van der Waals surface area contributed by atoms with Gasteiger partial charge in [-0.25, -0.2) is 4.98 Å². The minimum atomic E-state index is -1.63. The molecule has 77 heavy (non-hydrogen) atoms. The first-order valence-electron chi connectivity index (χ1n) is 25.6. The third kappa shape index (κ3) is 19.9. The first kappa shape index (κ1) is 59.2. The van der Waals surface area contributed by atoms with Crippen molar-refractivity contribution < 1.29 is 43.2 Å². The fourth-order valence-electron chi connectivity index (χ4n) is 9.04. The number of nitrogens with one attached hydrogen (secondary N) is 8. The third-order valence-electron chi connectivity index (χ3n) is 13.0. The molecule has 0 spiro atoms. The smallest absolute Gasteiger partial charge is 0.243 e. The minimum Gasteiger partial charge on any atom is -0.370 e. The van der Waals surface area contributed by atoms with E-state index >= 15 is 0 Å². The Labute approximate surface area is 445 Å². The summed E-state index contributed by atoms with van der Waals surface area (Å²) >= 11 is 0. The van der Waals surface area contributed by atoms with Crippen molar-refractivity contribution in [2.45, 2.75) is 121 Å². The predicted octanol–water partition coefficient (Wildman–Crippen LogP) is -1.20. The summed E-state index contributed by atoms with van der Waals surface area (Å²) in [7, 11) is 0. The largest absolute Gasteiger partial charge is 0.370 e. The highest BCUT2D eigenvalue weighted by molar-refractivity contribution is 5.99. The molecule has 7 amide bonds. The van der Waals surface area contributed by atoms with Crippen LogP contribution in [0.3, 0.4) is 0 Å². The molecule has 2 aromatic carbocycles. The number of guanidine groups is 2. The zero-order chi connectivity index (χ0) is 55.9. The van der Waals surface area contributed by atoms with Gasteiger partial charge in [0.05, 0.1) is 18.8 Å². The molecule has 0 radical (unpaired) electrons. The van der Waals surface area contributed by atoms with E-state index in [4.69, 9.17) is 28.7 Å². The number of imidazole rings is 1. The van der Waals surface area contributed by atoms with E-state index in [1.54, 1.807) is 36.5 Å². The number of para-hydroxylation sites is 1. The monoisotopic (exact) mass is 1060 g/mol. The topological polar surface area (TPSA) is 425 Å². The Morgan fingerprint density at radius 1 is 0.727 bits per heavy atom. The van der Waals surface area contributed by atoms with Crippen LogP contribution >= 0.6 is 0 Å². The van der Waals surface area contributed by atoms with Crippen LogP contribution in [-0.2, 0) is 62.4 Å². The van der Waals surface area contributed by atoms with Crippen LogP contribution in [0.1, 0.15) is 88.0 Å². The molecule has 1 aliphatic heterocycles. The summed E-state index contributed by atoms with van der Waals surface area (Å²) in [4.78, 5) is 144. The van der Waals surface area contributed by atoms with Crippen LogP contribution in [0.5, 0.6) is 0 Å². The van der Waals surface area contributed by atoms with E-state index in [0.29, 0.717) is 11.3 Å². The number of carbonyl (C=O) groups is 9. The normalized spacial score (nSPS) is 21.1. The number of H-pyrrole nitrogens is 2. The lowest BCUT2D eigenvalue weighted by molar-refractivity contribution is -0.136. The molecule has 25 heteroatoms. The van der Waals surface area contributed by atoms with Crippen LogP contribution in [0.2, 0.25) is 0 Å². The van der Waals surface area contributed by atoms with Gasteiger partial charge in [-0.2, -0.15) is 0 Å². The first-order valence-corrected chi connectivity index (χ1v) is 25.6. The third-order valence-corrected chi connectivity index (χ3v) is 13.0. The van der Waals surface area contributed by atoms with E-state index in [1.165, 1.54) is 19.4 Å². The summed E-state index contributed by atoms with van der Waals surface area (Å²) in [5, 5.41) is 16.9. The average Bonchev–Trinajstić information content (AvgIpc) is 4.07. The van der Waals surface area contributed by atoms with Gasteiger partial charge in [-0.05, 0) is 75.0 Å². The molecule has 0 unspecified atom stereocenters. The summed E-state index contributed by atoms with van der Waals surface area (Å²) in [6, 6.07) is 9.49. The second-order valence-electron chi connectivity index (χ2n) is 19.1. The van der Waals surface area contributed by atoms with Crippen molar-refractivity contribution in [3.63, 3.8) is 0 Å². The number of aromatic amines is 2. The second-order valence-corrected chi connectivity index (χ2v) is 19.1. The van der Waals surface area contributed by atoms with Gasteiger partial charge in [0.2, 0.25) is 41.4 Å². The fraction of sp³-hybridized carbons (Fsp3) is 0.462. The van der Waals surface area contributed by atoms with Crippen LogP contribution in [-0.4, -0.2) is 130 Å². The van der Waals surface area contributed by atoms with E-state index in [1.807, 2.05) is 24.3 Å². The molecule has 18 N–H and O–H groups in total. The Morgan fingerprint density at radius 3 is 2.10 bits per heavy atom. The van der Waals surface area contributed by atoms with Crippen LogP contribution in [0.25, 0.3) is 10.9 Å². The lowest BCUT2D eigenvalue weighted by Crippen LogP contribution is -2.59. The molecule has 1 fully saturated rings. The Morgan fingerprint density at radius 2 is 1.42 bits per heavy atom. The Bertz CT molecular complexity index is 2720. The number of aliphatic imine (C=N–C) groups is 2. The maximum atomic E-state index is 14.9. The van der Waals surface area contributed by atoms with Gasteiger partial charge in [-0.15, -0.1) is 0 Å². The number of primary amides is 1. The van der Waals surface area contributed by atoms with Gasteiger partial charge in [-0.3, -0.25) is 53.1 Å². The molecule has 414 valence electrons. The molecule has 2 aromatic heterocycles. The zero-order valence-electron chi connectivity index (χ0n) is 43.2. The maximum Gasteiger partial charge on any atom is 0.243 e. The number of rotatable bonds is 18. The quantitative estimate of drug-likeness (QED) is 0.0316. The Kier molecular flexibility index (Phi) is 23.1. The van der Waals surface area contributed by atoms with Crippen LogP contribution in [0, 0.1) is 11.8 Å². The number of hydrogen-bond acceptors (Lipinski definition) is 12. The fourth-order valence-corrected chi connectivity index (χ4v) is 9.04. The molecular weight excluding hydrogens is 993 g/mol. The lowest BCUT2D eigenvalue weighted by Gasteiger charge is -2.27. The number of ketones is 2. The van der Waals surface area contributed by atoms with Crippen LogP contribution < -0.4 is 60.6 Å². The van der Waals surface area contributed by atoms with E-state index in [9.17, 15) is 43.2 Å². The molecule has 7 atom stereocenters. The number of nitrogens with zero attached hydrogens (tertiary/aromatic N) is 3. The molecule has 0 saturated carbocycles. The Hall–Kier alpha value is -8.64. The van der Waals surface area contributed by atoms with Crippen LogP contribution in [0.15, 0.2) is 83.3 Å². The SMILES string of the molecule is CC(=O)N[C@@H](CCCN=C(N)N)C(=O)N[C@H]1CC(=O)NCCCC[C@@H](C(N)=O)NC(=O)[C@H](Cc2c[nH]c3ccccc23)CC(=O)[C@H](CCCN=C(N)N)CC(=O)[C@@H](Cc2ccccc2)NC(=O)[C@@H](Cc2cnc[nH]2)NC1=O. The number of Topliss-reactive ketones (excluding diaryl/α,β-unsaturated/α-hetero) is 2. The number of nitrogens with two attached hydrogens (primary N) is 5. The van der Waals surface area contributed by atoms with Crippen molar-refractivity contribution in [2.24, 2.45) is 50.5 Å². The number of hydrogen-bond donors (Lipinski definition) is 13. The van der Waals surface area contributed by atoms with Crippen molar-refractivity contribution in [3.05, 3.63) is 90.1 Å². The van der Waals surface area contributed by atoms with Crippen molar-refractivity contribution in [1.82, 2.24) is 46.9 Å². The van der Waals surface area contributed by atoms with Gasteiger partial charge in [0.15, 0.2) is 17.7 Å². The number of amides is 7. The van der Waals surface area contributed by atoms with Gasteiger partial charge in [-0.1, -0.05) is 48.5 Å². The van der Waals surface area contributed by atoms with E-state index < -0.39 is 108 Å². The molecule has 1 saturated heterocycles. The van der Waals surface area contributed by atoms with Crippen molar-refractivity contribution in [1.29, 1.82) is 0 Å². The van der Waals surface area contributed by atoms with Gasteiger partial charge in [0.1, 0.15) is 30.0 Å². The highest BCUT2D eigenvalue weighted by Crippen LogP contribution is 2.26. The van der Waals surface area contributed by atoms with E-state index in [0.717, 1.165) is 16.5 Å². The molecule has 4 aromatic rings. The molecular formula is C52H72N16O9. The van der Waals surface area contributed by atoms with E-state index in [-0.39, 0.29) is 102 Å². The highest BCUT2D eigenvalue weighted by Gasteiger charge is 2.36. The lowest BCUT2D eigenvalue weighted by atomic mass is 9.83. The predicted molar refractivity (Wildman–Crippen MR) is 286 cm³/mol. The maximum absolute atomic E-state index is 14.9. The van der Waals surface area contributed by atoms with Gasteiger partial charge in [0, 0.05) is 86.6 Å². The number of benzene rings is 2. The van der Waals surface area contributed by atoms with Crippen molar-refractivity contribution >= 4 is 75.7 Å². The Balaban J connectivity index is 1.55. The summed E-state index contributed by atoms with van der Waals surface area (Å²) < 4.78 is 0. The van der Waals surface area contributed by atoms with E-state index in [2.05, 4.69) is 56.8 Å². The van der Waals surface area contributed by atoms with Gasteiger partial charge < -0.3 is 70.5 Å².